The van der Waals surface area contributed by atoms with E-state index in [0.717, 1.165) is 18.9 Å². The molecule has 0 heterocycles. The first-order valence-electron chi connectivity index (χ1n) is 4.18. The van der Waals surface area contributed by atoms with Crippen LogP contribution in [0.15, 0.2) is 12.1 Å². The van der Waals surface area contributed by atoms with Gasteiger partial charge in [-0.1, -0.05) is 0 Å². The summed E-state index contributed by atoms with van der Waals surface area (Å²) in [4.78, 5) is 0. The van der Waals surface area contributed by atoms with E-state index in [1.807, 2.05) is 0 Å². The molecule has 1 saturated carbocycles. The summed E-state index contributed by atoms with van der Waals surface area (Å²) in [6, 6.07) is 2.66. The van der Waals surface area contributed by atoms with Crippen molar-refractivity contribution >= 4 is 11.4 Å². The second-order valence-electron chi connectivity index (χ2n) is 3.24. The molecule has 0 aliphatic heterocycles. The van der Waals surface area contributed by atoms with Gasteiger partial charge in [0.1, 0.15) is 0 Å². The SMILES string of the molecule is Nc1ccc(F)c(F)c1NC1CC1. The fourth-order valence-electron chi connectivity index (χ4n) is 1.14. The van der Waals surface area contributed by atoms with Crippen LogP contribution in [0.3, 0.4) is 0 Å². The Bertz CT molecular complexity index is 335. The van der Waals surface area contributed by atoms with Crippen LogP contribution >= 0.6 is 0 Å². The Hall–Kier alpha value is -1.32. The quantitative estimate of drug-likeness (QED) is 0.691. The first kappa shape index (κ1) is 8.29. The Kier molecular flexibility index (Phi) is 1.83. The molecule has 1 aliphatic rings. The number of hydrogen-bond acceptors (Lipinski definition) is 2. The first-order chi connectivity index (χ1) is 6.18. The van der Waals surface area contributed by atoms with Gasteiger partial charge in [0, 0.05) is 6.04 Å². The van der Waals surface area contributed by atoms with Crippen LogP contribution in [-0.4, -0.2) is 6.04 Å². The molecule has 0 saturated heterocycles. The Labute approximate surface area is 74.7 Å². The van der Waals surface area contributed by atoms with Gasteiger partial charge >= 0.3 is 0 Å². The first-order valence-corrected chi connectivity index (χ1v) is 4.18. The van der Waals surface area contributed by atoms with Crippen molar-refractivity contribution in [2.24, 2.45) is 0 Å². The molecule has 1 aromatic carbocycles. The van der Waals surface area contributed by atoms with Gasteiger partial charge in [-0.15, -0.1) is 0 Å². The maximum Gasteiger partial charge on any atom is 0.183 e. The van der Waals surface area contributed by atoms with Gasteiger partial charge in [-0.05, 0) is 25.0 Å². The van der Waals surface area contributed by atoms with Gasteiger partial charge in [-0.25, -0.2) is 8.78 Å². The number of rotatable bonds is 2. The molecule has 13 heavy (non-hydrogen) atoms. The monoisotopic (exact) mass is 184 g/mol. The van der Waals surface area contributed by atoms with Crippen LogP contribution in [0.2, 0.25) is 0 Å². The van der Waals surface area contributed by atoms with Gasteiger partial charge in [0.2, 0.25) is 0 Å². The Morgan fingerprint density at radius 1 is 1.31 bits per heavy atom. The summed E-state index contributed by atoms with van der Waals surface area (Å²) < 4.78 is 25.9. The summed E-state index contributed by atoms with van der Waals surface area (Å²) in [6.07, 6.45) is 1.99. The van der Waals surface area contributed by atoms with Crippen molar-refractivity contribution in [2.75, 3.05) is 11.1 Å². The Morgan fingerprint density at radius 3 is 2.62 bits per heavy atom. The highest BCUT2D eigenvalue weighted by Gasteiger charge is 2.24. The molecule has 0 radical (unpaired) electrons. The van der Waals surface area contributed by atoms with E-state index >= 15 is 0 Å². The number of nitrogens with two attached hydrogens (primary N) is 1. The van der Waals surface area contributed by atoms with Crippen LogP contribution in [0, 0.1) is 11.6 Å². The van der Waals surface area contributed by atoms with E-state index in [4.69, 9.17) is 5.73 Å². The van der Waals surface area contributed by atoms with E-state index in [1.54, 1.807) is 0 Å². The van der Waals surface area contributed by atoms with E-state index in [0.29, 0.717) is 0 Å². The summed E-state index contributed by atoms with van der Waals surface area (Å²) in [5.74, 6) is -1.75. The van der Waals surface area contributed by atoms with Gasteiger partial charge in [0.05, 0.1) is 11.4 Å². The maximum absolute atomic E-state index is 13.1. The van der Waals surface area contributed by atoms with Gasteiger partial charge in [-0.3, -0.25) is 0 Å². The van der Waals surface area contributed by atoms with Crippen LogP contribution in [0.5, 0.6) is 0 Å². The summed E-state index contributed by atoms with van der Waals surface area (Å²) in [5, 5.41) is 2.85. The van der Waals surface area contributed by atoms with Crippen molar-refractivity contribution in [3.8, 4) is 0 Å². The molecule has 1 aliphatic carbocycles. The number of nitrogen functional groups attached to an aromatic ring is 1. The number of nitrogens with one attached hydrogen (secondary N) is 1. The molecule has 0 atom stereocenters. The molecule has 0 unspecified atom stereocenters. The highest BCUT2D eigenvalue weighted by molar-refractivity contribution is 5.67. The van der Waals surface area contributed by atoms with E-state index < -0.39 is 11.6 Å². The third kappa shape index (κ3) is 1.56. The molecular weight excluding hydrogens is 174 g/mol. The molecule has 2 nitrogen and oxygen atoms in total. The molecular formula is C9H10F2N2. The number of halogens is 2. The normalized spacial score (nSPS) is 15.8. The average Bonchev–Trinajstić information content (AvgIpc) is 2.89. The van der Waals surface area contributed by atoms with Crippen molar-refractivity contribution < 1.29 is 8.78 Å². The molecule has 0 aromatic heterocycles. The average molecular weight is 184 g/mol. The van der Waals surface area contributed by atoms with Crippen molar-refractivity contribution in [3.05, 3.63) is 23.8 Å². The van der Waals surface area contributed by atoms with Gasteiger partial charge in [0.15, 0.2) is 11.6 Å². The number of anilines is 2. The van der Waals surface area contributed by atoms with Crippen molar-refractivity contribution in [2.45, 2.75) is 18.9 Å². The van der Waals surface area contributed by atoms with Crippen LogP contribution in [-0.2, 0) is 0 Å². The minimum atomic E-state index is -0.882. The highest BCUT2D eigenvalue weighted by atomic mass is 19.2. The lowest BCUT2D eigenvalue weighted by atomic mass is 10.2. The summed E-state index contributed by atoms with van der Waals surface area (Å²) in [6.45, 7) is 0. The van der Waals surface area contributed by atoms with Crippen LogP contribution in [0.25, 0.3) is 0 Å². The zero-order valence-corrected chi connectivity index (χ0v) is 6.98. The molecule has 0 bridgehead atoms. The van der Waals surface area contributed by atoms with Gasteiger partial charge in [0.25, 0.3) is 0 Å². The standard InChI is InChI=1S/C9H10F2N2/c10-6-3-4-7(12)9(8(6)11)13-5-1-2-5/h3-5,13H,1-2,12H2. The predicted molar refractivity (Wildman–Crippen MR) is 47.4 cm³/mol. The van der Waals surface area contributed by atoms with Gasteiger partial charge in [-0.2, -0.15) is 0 Å². The number of benzene rings is 1. The molecule has 4 heteroatoms. The molecule has 3 N–H and O–H groups in total. The Morgan fingerprint density at radius 2 is 2.00 bits per heavy atom. The van der Waals surface area contributed by atoms with Crippen molar-refractivity contribution in [1.82, 2.24) is 0 Å². The molecule has 0 spiro atoms. The maximum atomic E-state index is 13.1. The van der Waals surface area contributed by atoms with E-state index in [1.165, 1.54) is 6.07 Å². The fourth-order valence-corrected chi connectivity index (χ4v) is 1.14. The van der Waals surface area contributed by atoms with Crippen LogP contribution < -0.4 is 11.1 Å². The van der Waals surface area contributed by atoms with Crippen LogP contribution in [0.1, 0.15) is 12.8 Å². The molecule has 1 fully saturated rings. The highest BCUT2D eigenvalue weighted by Crippen LogP contribution is 2.30. The van der Waals surface area contributed by atoms with E-state index in [2.05, 4.69) is 5.32 Å². The number of hydrogen-bond donors (Lipinski definition) is 2. The van der Waals surface area contributed by atoms with E-state index in [-0.39, 0.29) is 17.4 Å². The summed E-state index contributed by atoms with van der Waals surface area (Å²) >= 11 is 0. The lowest BCUT2D eigenvalue weighted by molar-refractivity contribution is 0.511. The topological polar surface area (TPSA) is 38.0 Å². The molecule has 2 rings (SSSR count). The zero-order chi connectivity index (χ0) is 9.42. The summed E-state index contributed by atoms with van der Waals surface area (Å²) in [5.41, 5.74) is 5.85. The second kappa shape index (κ2) is 2.87. The molecule has 1 aromatic rings. The minimum absolute atomic E-state index is 0.0995. The fraction of sp³-hybridized carbons (Fsp3) is 0.333. The van der Waals surface area contributed by atoms with E-state index in [9.17, 15) is 8.78 Å². The smallest absolute Gasteiger partial charge is 0.183 e. The van der Waals surface area contributed by atoms with Crippen molar-refractivity contribution in [3.63, 3.8) is 0 Å². The summed E-state index contributed by atoms with van der Waals surface area (Å²) in [7, 11) is 0. The van der Waals surface area contributed by atoms with Crippen LogP contribution in [0.4, 0.5) is 20.2 Å². The lowest BCUT2D eigenvalue weighted by Crippen LogP contribution is -2.07. The largest absolute Gasteiger partial charge is 0.397 e. The lowest BCUT2D eigenvalue weighted by Gasteiger charge is -2.09. The Balaban J connectivity index is 2.34. The molecule has 0 amide bonds. The second-order valence-corrected chi connectivity index (χ2v) is 3.24. The molecule has 70 valence electrons. The third-order valence-corrected chi connectivity index (χ3v) is 2.05. The third-order valence-electron chi connectivity index (χ3n) is 2.05. The zero-order valence-electron chi connectivity index (χ0n) is 6.98. The minimum Gasteiger partial charge on any atom is -0.397 e. The van der Waals surface area contributed by atoms with Crippen molar-refractivity contribution in [1.29, 1.82) is 0 Å². The predicted octanol–water partition coefficient (Wildman–Crippen LogP) is 2.12. The van der Waals surface area contributed by atoms with Gasteiger partial charge < -0.3 is 11.1 Å².